The number of piperazine rings is 1. The molecule has 2 fully saturated rings. The van der Waals surface area contributed by atoms with Gasteiger partial charge in [-0.2, -0.15) is 4.98 Å². The van der Waals surface area contributed by atoms with Crippen molar-refractivity contribution in [2.24, 2.45) is 5.92 Å². The third kappa shape index (κ3) is 4.55. The smallest absolute Gasteiger partial charge is 0.229 e. The number of nitrogens with zero attached hydrogens (tertiary/aromatic N) is 5. The average molecular weight is 381 g/mol. The van der Waals surface area contributed by atoms with Crippen molar-refractivity contribution in [2.75, 3.05) is 60.9 Å². The molecule has 6 heteroatoms. The summed E-state index contributed by atoms with van der Waals surface area (Å²) in [5.41, 5.74) is 2.34. The van der Waals surface area contributed by atoms with Gasteiger partial charge in [0.25, 0.3) is 0 Å². The summed E-state index contributed by atoms with van der Waals surface area (Å²) in [7, 11) is 0. The lowest BCUT2D eigenvalue weighted by Crippen LogP contribution is -2.46. The first-order valence-electron chi connectivity index (χ1n) is 10.6. The first kappa shape index (κ1) is 19.0. The lowest BCUT2D eigenvalue weighted by Gasteiger charge is -2.34. The van der Waals surface area contributed by atoms with Crippen LogP contribution < -0.4 is 15.1 Å². The third-order valence-electron chi connectivity index (χ3n) is 6.06. The molecule has 1 aromatic heterocycles. The maximum absolute atomic E-state index is 4.74. The standard InChI is InChI=1S/C22H32N6/c1-3-26-14-16-28(17-15-26)21-8-11-23-22(25-21)24-19-4-6-20(7-5-19)27-12-9-18(2)10-13-27/h4-8,11,18H,3,9-10,12-17H2,1-2H3,(H,23,24,25). The fraction of sp³-hybridized carbons (Fsp3) is 0.545. The minimum atomic E-state index is 0.662. The molecule has 1 aromatic carbocycles. The number of hydrogen-bond acceptors (Lipinski definition) is 6. The highest BCUT2D eigenvalue weighted by molar-refractivity contribution is 5.60. The van der Waals surface area contributed by atoms with Crippen LogP contribution in [0.2, 0.25) is 0 Å². The Bertz CT molecular complexity index is 746. The van der Waals surface area contributed by atoms with Gasteiger partial charge in [0, 0.05) is 56.8 Å². The van der Waals surface area contributed by atoms with Gasteiger partial charge in [0.15, 0.2) is 0 Å². The molecule has 4 rings (SSSR count). The van der Waals surface area contributed by atoms with E-state index in [1.165, 1.54) is 18.5 Å². The van der Waals surface area contributed by atoms with Crippen molar-refractivity contribution < 1.29 is 0 Å². The number of likely N-dealkylation sites (N-methyl/N-ethyl adjacent to an activating group) is 1. The van der Waals surface area contributed by atoms with E-state index in [1.807, 2.05) is 12.3 Å². The van der Waals surface area contributed by atoms with Crippen LogP contribution in [0.1, 0.15) is 26.7 Å². The zero-order chi connectivity index (χ0) is 19.3. The Kier molecular flexibility index (Phi) is 5.95. The summed E-state index contributed by atoms with van der Waals surface area (Å²) in [6.45, 7) is 12.2. The molecule has 2 saturated heterocycles. The van der Waals surface area contributed by atoms with Crippen LogP contribution in [0, 0.1) is 5.92 Å². The van der Waals surface area contributed by atoms with Crippen LogP contribution in [0.4, 0.5) is 23.1 Å². The van der Waals surface area contributed by atoms with Crippen molar-refractivity contribution in [1.29, 1.82) is 0 Å². The van der Waals surface area contributed by atoms with Gasteiger partial charge in [-0.1, -0.05) is 13.8 Å². The molecule has 0 unspecified atom stereocenters. The molecule has 150 valence electrons. The Morgan fingerprint density at radius 3 is 2.32 bits per heavy atom. The molecule has 2 aromatic rings. The largest absolute Gasteiger partial charge is 0.372 e. The fourth-order valence-electron chi connectivity index (χ4n) is 4.03. The predicted octanol–water partition coefficient (Wildman–Crippen LogP) is 3.60. The van der Waals surface area contributed by atoms with Gasteiger partial charge in [0.2, 0.25) is 5.95 Å². The summed E-state index contributed by atoms with van der Waals surface area (Å²) in [5, 5.41) is 3.36. The molecule has 0 aliphatic carbocycles. The molecule has 1 N–H and O–H groups in total. The summed E-state index contributed by atoms with van der Waals surface area (Å²) in [6.07, 6.45) is 4.42. The zero-order valence-electron chi connectivity index (χ0n) is 17.1. The lowest BCUT2D eigenvalue weighted by molar-refractivity contribution is 0.270. The maximum Gasteiger partial charge on any atom is 0.229 e. The SMILES string of the molecule is CCN1CCN(c2ccnc(Nc3ccc(N4CCC(C)CC4)cc3)n2)CC1. The zero-order valence-corrected chi connectivity index (χ0v) is 17.1. The highest BCUT2D eigenvalue weighted by atomic mass is 15.3. The first-order chi connectivity index (χ1) is 13.7. The second kappa shape index (κ2) is 8.78. The maximum atomic E-state index is 4.74. The Hall–Kier alpha value is -2.34. The molecule has 0 radical (unpaired) electrons. The number of nitrogens with one attached hydrogen (secondary N) is 1. The Labute approximate surface area is 168 Å². The van der Waals surface area contributed by atoms with Gasteiger partial charge in [-0.05, 0) is 55.6 Å². The Morgan fingerprint density at radius 2 is 1.64 bits per heavy atom. The molecule has 28 heavy (non-hydrogen) atoms. The summed E-state index contributed by atoms with van der Waals surface area (Å²) >= 11 is 0. The highest BCUT2D eigenvalue weighted by Crippen LogP contribution is 2.25. The number of rotatable bonds is 5. The molecule has 6 nitrogen and oxygen atoms in total. The van der Waals surface area contributed by atoms with Crippen LogP contribution in [0.25, 0.3) is 0 Å². The van der Waals surface area contributed by atoms with Crippen LogP contribution >= 0.6 is 0 Å². The van der Waals surface area contributed by atoms with E-state index in [0.29, 0.717) is 5.95 Å². The molecule has 3 heterocycles. The molecular weight excluding hydrogens is 348 g/mol. The van der Waals surface area contributed by atoms with Gasteiger partial charge in [0.05, 0.1) is 0 Å². The van der Waals surface area contributed by atoms with Crippen LogP contribution in [-0.2, 0) is 0 Å². The van der Waals surface area contributed by atoms with Gasteiger partial charge >= 0.3 is 0 Å². The lowest BCUT2D eigenvalue weighted by atomic mass is 9.99. The number of aromatic nitrogens is 2. The van der Waals surface area contributed by atoms with E-state index in [9.17, 15) is 0 Å². The Balaban J connectivity index is 1.38. The van der Waals surface area contributed by atoms with Crippen LogP contribution in [0.3, 0.4) is 0 Å². The molecule has 2 aliphatic heterocycles. The Morgan fingerprint density at radius 1 is 0.929 bits per heavy atom. The monoisotopic (exact) mass is 380 g/mol. The normalized spacial score (nSPS) is 19.1. The van der Waals surface area contributed by atoms with Crippen molar-refractivity contribution in [2.45, 2.75) is 26.7 Å². The van der Waals surface area contributed by atoms with Crippen molar-refractivity contribution in [3.05, 3.63) is 36.5 Å². The first-order valence-corrected chi connectivity index (χ1v) is 10.6. The van der Waals surface area contributed by atoms with E-state index in [2.05, 4.69) is 63.1 Å². The van der Waals surface area contributed by atoms with Gasteiger partial charge in [-0.3, -0.25) is 0 Å². The highest BCUT2D eigenvalue weighted by Gasteiger charge is 2.18. The van der Waals surface area contributed by atoms with E-state index in [4.69, 9.17) is 4.98 Å². The topological polar surface area (TPSA) is 47.5 Å². The van der Waals surface area contributed by atoms with Gasteiger partial charge < -0.3 is 20.0 Å². The van der Waals surface area contributed by atoms with Crippen molar-refractivity contribution in [3.63, 3.8) is 0 Å². The molecule has 0 amide bonds. The molecule has 2 aliphatic rings. The van der Waals surface area contributed by atoms with E-state index in [0.717, 1.165) is 63.2 Å². The molecule has 0 spiro atoms. The number of hydrogen-bond donors (Lipinski definition) is 1. The number of piperidine rings is 1. The molecular formula is C22H32N6. The number of anilines is 4. The van der Waals surface area contributed by atoms with Gasteiger partial charge in [-0.25, -0.2) is 4.98 Å². The summed E-state index contributed by atoms with van der Waals surface area (Å²) in [5.74, 6) is 2.52. The minimum absolute atomic E-state index is 0.662. The average Bonchev–Trinajstić information content (AvgIpc) is 2.75. The van der Waals surface area contributed by atoms with E-state index < -0.39 is 0 Å². The molecule has 0 saturated carbocycles. The van der Waals surface area contributed by atoms with E-state index in [-0.39, 0.29) is 0 Å². The van der Waals surface area contributed by atoms with Crippen molar-refractivity contribution >= 4 is 23.1 Å². The van der Waals surface area contributed by atoms with Crippen LogP contribution in [-0.4, -0.2) is 60.7 Å². The second-order valence-corrected chi connectivity index (χ2v) is 8.00. The van der Waals surface area contributed by atoms with Crippen molar-refractivity contribution in [3.8, 4) is 0 Å². The predicted molar refractivity (Wildman–Crippen MR) is 117 cm³/mol. The second-order valence-electron chi connectivity index (χ2n) is 8.00. The molecule has 0 bridgehead atoms. The summed E-state index contributed by atoms with van der Waals surface area (Å²) in [4.78, 5) is 16.5. The summed E-state index contributed by atoms with van der Waals surface area (Å²) < 4.78 is 0. The molecule has 0 atom stereocenters. The third-order valence-corrected chi connectivity index (χ3v) is 6.06. The van der Waals surface area contributed by atoms with Gasteiger partial charge in [-0.15, -0.1) is 0 Å². The number of benzene rings is 1. The van der Waals surface area contributed by atoms with Crippen LogP contribution in [0.5, 0.6) is 0 Å². The van der Waals surface area contributed by atoms with Crippen molar-refractivity contribution in [1.82, 2.24) is 14.9 Å². The minimum Gasteiger partial charge on any atom is -0.372 e. The fourth-order valence-corrected chi connectivity index (χ4v) is 4.03. The van der Waals surface area contributed by atoms with Gasteiger partial charge in [0.1, 0.15) is 5.82 Å². The van der Waals surface area contributed by atoms with E-state index in [1.54, 1.807) is 0 Å². The quantitative estimate of drug-likeness (QED) is 0.855. The van der Waals surface area contributed by atoms with Crippen LogP contribution in [0.15, 0.2) is 36.5 Å². The summed E-state index contributed by atoms with van der Waals surface area (Å²) in [6, 6.07) is 10.7. The van der Waals surface area contributed by atoms with E-state index >= 15 is 0 Å².